The number of hydrogen-bond donors (Lipinski definition) is 2. The summed E-state index contributed by atoms with van der Waals surface area (Å²) in [5.74, 6) is 0.329. The number of carbonyl (C=O) groups excluding carboxylic acids is 1. The molecule has 0 unspecified atom stereocenters. The number of hydrogen-bond acceptors (Lipinski definition) is 4. The quantitative estimate of drug-likeness (QED) is 0.830. The maximum atomic E-state index is 11.8. The van der Waals surface area contributed by atoms with Gasteiger partial charge in [-0.25, -0.2) is 4.98 Å². The first-order valence-corrected chi connectivity index (χ1v) is 7.57. The van der Waals surface area contributed by atoms with E-state index in [1.54, 1.807) is 23.9 Å². The number of anilines is 2. The van der Waals surface area contributed by atoms with E-state index in [4.69, 9.17) is 11.6 Å². The molecule has 2 rings (SSSR count). The number of nitrogens with zero attached hydrogens (tertiary/aromatic N) is 1. The van der Waals surface area contributed by atoms with E-state index in [2.05, 4.69) is 15.6 Å². The fourth-order valence-corrected chi connectivity index (χ4v) is 2.29. The Morgan fingerprint density at radius 3 is 2.80 bits per heavy atom. The van der Waals surface area contributed by atoms with Crippen LogP contribution in [0.2, 0.25) is 5.02 Å². The Hall–Kier alpha value is -1.72. The van der Waals surface area contributed by atoms with Crippen molar-refractivity contribution in [2.45, 2.75) is 4.90 Å². The zero-order chi connectivity index (χ0) is 14.4. The number of thioether (sulfide) groups is 1. The van der Waals surface area contributed by atoms with Crippen molar-refractivity contribution in [3.63, 3.8) is 0 Å². The lowest BCUT2D eigenvalue weighted by Crippen LogP contribution is -2.22. The van der Waals surface area contributed by atoms with Gasteiger partial charge in [0, 0.05) is 16.8 Å². The molecule has 20 heavy (non-hydrogen) atoms. The molecule has 0 spiro atoms. The summed E-state index contributed by atoms with van der Waals surface area (Å²) in [5.41, 5.74) is 0.944. The Balaban J connectivity index is 1.90. The first-order valence-electron chi connectivity index (χ1n) is 5.97. The molecule has 2 aromatic rings. The summed E-state index contributed by atoms with van der Waals surface area (Å²) in [7, 11) is 0. The second-order valence-electron chi connectivity index (χ2n) is 3.96. The fourth-order valence-electron chi connectivity index (χ4n) is 1.60. The molecule has 1 aromatic heterocycles. The van der Waals surface area contributed by atoms with Gasteiger partial charge in [0.2, 0.25) is 5.91 Å². The Labute approximate surface area is 126 Å². The maximum Gasteiger partial charge on any atom is 0.244 e. The Morgan fingerprint density at radius 2 is 2.10 bits per heavy atom. The van der Waals surface area contributed by atoms with Crippen molar-refractivity contribution >= 4 is 40.8 Å². The molecule has 0 atom stereocenters. The SMILES string of the molecule is CSc1ccccc1NCC(=O)Nc1ccc(Cl)cn1. The first-order chi connectivity index (χ1) is 9.69. The monoisotopic (exact) mass is 307 g/mol. The topological polar surface area (TPSA) is 54.0 Å². The van der Waals surface area contributed by atoms with Crippen molar-refractivity contribution in [1.82, 2.24) is 4.98 Å². The van der Waals surface area contributed by atoms with E-state index in [1.807, 2.05) is 30.5 Å². The highest BCUT2D eigenvalue weighted by Crippen LogP contribution is 2.24. The van der Waals surface area contributed by atoms with E-state index < -0.39 is 0 Å². The van der Waals surface area contributed by atoms with Crippen LogP contribution < -0.4 is 10.6 Å². The number of aromatic nitrogens is 1. The highest BCUT2D eigenvalue weighted by atomic mass is 35.5. The minimum absolute atomic E-state index is 0.157. The summed E-state index contributed by atoms with van der Waals surface area (Å²) >= 11 is 7.36. The number of benzene rings is 1. The molecule has 6 heteroatoms. The lowest BCUT2D eigenvalue weighted by Gasteiger charge is -2.10. The molecule has 0 radical (unpaired) electrons. The molecule has 1 heterocycles. The molecular weight excluding hydrogens is 294 g/mol. The molecule has 0 aliphatic rings. The van der Waals surface area contributed by atoms with Crippen molar-refractivity contribution in [3.05, 3.63) is 47.6 Å². The predicted molar refractivity (Wildman–Crippen MR) is 84.6 cm³/mol. The molecule has 0 saturated carbocycles. The van der Waals surface area contributed by atoms with Crippen LogP contribution in [0.3, 0.4) is 0 Å². The number of halogens is 1. The summed E-state index contributed by atoms with van der Waals surface area (Å²) < 4.78 is 0. The number of amides is 1. The highest BCUT2D eigenvalue weighted by Gasteiger charge is 2.05. The number of pyridine rings is 1. The Morgan fingerprint density at radius 1 is 1.30 bits per heavy atom. The summed E-state index contributed by atoms with van der Waals surface area (Å²) in [6.07, 6.45) is 3.49. The van der Waals surface area contributed by atoms with Gasteiger partial charge in [0.15, 0.2) is 0 Å². The summed E-state index contributed by atoms with van der Waals surface area (Å²) in [4.78, 5) is 16.9. The van der Waals surface area contributed by atoms with E-state index in [0.29, 0.717) is 10.8 Å². The fraction of sp³-hybridized carbons (Fsp3) is 0.143. The minimum Gasteiger partial charge on any atom is -0.375 e. The molecule has 2 N–H and O–H groups in total. The van der Waals surface area contributed by atoms with Gasteiger partial charge in [-0.1, -0.05) is 23.7 Å². The standard InChI is InChI=1S/C14H14ClN3OS/c1-20-12-5-3-2-4-11(12)16-9-14(19)18-13-7-6-10(15)8-17-13/h2-8,16H,9H2,1H3,(H,17,18,19). The van der Waals surface area contributed by atoms with Gasteiger partial charge in [-0.15, -0.1) is 11.8 Å². The van der Waals surface area contributed by atoms with E-state index in [9.17, 15) is 4.79 Å². The minimum atomic E-state index is -0.157. The average molecular weight is 308 g/mol. The van der Waals surface area contributed by atoms with Crippen LogP contribution in [0.4, 0.5) is 11.5 Å². The van der Waals surface area contributed by atoms with Crippen LogP contribution in [0.1, 0.15) is 0 Å². The van der Waals surface area contributed by atoms with Crippen molar-refractivity contribution < 1.29 is 4.79 Å². The zero-order valence-electron chi connectivity index (χ0n) is 10.9. The predicted octanol–water partition coefficient (Wildman–Crippen LogP) is 3.51. The number of para-hydroxylation sites is 1. The third kappa shape index (κ3) is 4.15. The van der Waals surface area contributed by atoms with E-state index in [1.165, 1.54) is 6.20 Å². The molecule has 0 saturated heterocycles. The third-order valence-corrected chi connectivity index (χ3v) is 3.56. The molecule has 1 aromatic carbocycles. The summed E-state index contributed by atoms with van der Waals surface area (Å²) in [6.45, 7) is 0.182. The molecule has 1 amide bonds. The summed E-state index contributed by atoms with van der Waals surface area (Å²) in [6, 6.07) is 11.2. The maximum absolute atomic E-state index is 11.8. The van der Waals surface area contributed by atoms with Crippen LogP contribution in [0.5, 0.6) is 0 Å². The highest BCUT2D eigenvalue weighted by molar-refractivity contribution is 7.98. The van der Waals surface area contributed by atoms with Gasteiger partial charge >= 0.3 is 0 Å². The van der Waals surface area contributed by atoms with Gasteiger partial charge in [-0.05, 0) is 30.5 Å². The van der Waals surface area contributed by atoms with Gasteiger partial charge < -0.3 is 10.6 Å². The van der Waals surface area contributed by atoms with Crippen molar-refractivity contribution in [3.8, 4) is 0 Å². The van der Waals surface area contributed by atoms with Crippen molar-refractivity contribution in [2.75, 3.05) is 23.4 Å². The molecular formula is C14H14ClN3OS. The van der Waals surface area contributed by atoms with Crippen molar-refractivity contribution in [1.29, 1.82) is 0 Å². The van der Waals surface area contributed by atoms with Gasteiger partial charge in [-0.3, -0.25) is 4.79 Å². The normalized spacial score (nSPS) is 10.1. The van der Waals surface area contributed by atoms with Gasteiger partial charge in [0.25, 0.3) is 0 Å². The lowest BCUT2D eigenvalue weighted by molar-refractivity contribution is -0.114. The number of nitrogens with one attached hydrogen (secondary N) is 2. The first kappa shape index (κ1) is 14.7. The molecule has 0 bridgehead atoms. The Bertz CT molecular complexity index is 589. The van der Waals surface area contributed by atoms with Crippen LogP contribution >= 0.6 is 23.4 Å². The molecule has 0 aliphatic carbocycles. The van der Waals surface area contributed by atoms with Gasteiger partial charge in [-0.2, -0.15) is 0 Å². The second-order valence-corrected chi connectivity index (χ2v) is 5.25. The lowest BCUT2D eigenvalue weighted by atomic mass is 10.3. The molecule has 0 fully saturated rings. The zero-order valence-corrected chi connectivity index (χ0v) is 12.5. The molecule has 0 aliphatic heterocycles. The molecule has 4 nitrogen and oxygen atoms in total. The Kier molecular flexibility index (Phi) is 5.26. The van der Waals surface area contributed by atoms with Crippen LogP contribution in [-0.4, -0.2) is 23.7 Å². The summed E-state index contributed by atoms with van der Waals surface area (Å²) in [5, 5.41) is 6.34. The van der Waals surface area contributed by atoms with Gasteiger partial charge in [0.1, 0.15) is 5.82 Å². The number of carbonyl (C=O) groups is 1. The van der Waals surface area contributed by atoms with E-state index >= 15 is 0 Å². The largest absolute Gasteiger partial charge is 0.375 e. The van der Waals surface area contributed by atoms with Crippen LogP contribution in [0.25, 0.3) is 0 Å². The van der Waals surface area contributed by atoms with E-state index in [-0.39, 0.29) is 12.5 Å². The molecule has 104 valence electrons. The van der Waals surface area contributed by atoms with Gasteiger partial charge in [0.05, 0.1) is 11.6 Å². The van der Waals surface area contributed by atoms with E-state index in [0.717, 1.165) is 10.6 Å². The van der Waals surface area contributed by atoms with Crippen LogP contribution in [-0.2, 0) is 4.79 Å². The third-order valence-electron chi connectivity index (χ3n) is 2.54. The second kappa shape index (κ2) is 7.17. The van der Waals surface area contributed by atoms with Crippen LogP contribution in [0.15, 0.2) is 47.5 Å². The number of rotatable bonds is 5. The average Bonchev–Trinajstić information content (AvgIpc) is 2.48. The smallest absolute Gasteiger partial charge is 0.244 e. The van der Waals surface area contributed by atoms with Crippen LogP contribution in [0, 0.1) is 0 Å². The van der Waals surface area contributed by atoms with Crippen molar-refractivity contribution in [2.24, 2.45) is 0 Å².